The number of amides is 2. The molecule has 0 spiro atoms. The predicted octanol–water partition coefficient (Wildman–Crippen LogP) is 4.24. The zero-order valence-electron chi connectivity index (χ0n) is 19.5. The van der Waals surface area contributed by atoms with Crippen LogP contribution in [0.4, 0.5) is 0 Å². The van der Waals surface area contributed by atoms with Gasteiger partial charge in [0.25, 0.3) is 11.8 Å². The summed E-state index contributed by atoms with van der Waals surface area (Å²) in [5.74, 6) is 0.379. The zero-order chi connectivity index (χ0) is 22.5. The molecule has 0 bridgehead atoms. The Bertz CT molecular complexity index is 805. The van der Waals surface area contributed by atoms with Crippen molar-refractivity contribution in [2.24, 2.45) is 0 Å². The first-order valence-corrected chi connectivity index (χ1v) is 11.6. The third-order valence-corrected chi connectivity index (χ3v) is 5.63. The third kappa shape index (κ3) is 5.48. The summed E-state index contributed by atoms with van der Waals surface area (Å²) in [4.78, 5) is 30.3. The Morgan fingerprint density at radius 3 is 2.23 bits per heavy atom. The normalized spacial score (nSPS) is 22.1. The molecule has 6 heteroatoms. The summed E-state index contributed by atoms with van der Waals surface area (Å²) >= 11 is 0. The van der Waals surface area contributed by atoms with Crippen LogP contribution in [0.15, 0.2) is 30.0 Å². The molecule has 2 aliphatic rings. The van der Waals surface area contributed by atoms with Gasteiger partial charge in [-0.25, -0.2) is 0 Å². The van der Waals surface area contributed by atoms with Gasteiger partial charge in [-0.15, -0.1) is 0 Å². The maximum atomic E-state index is 13.4. The van der Waals surface area contributed by atoms with Crippen LogP contribution in [0.5, 0.6) is 5.75 Å². The van der Waals surface area contributed by atoms with Gasteiger partial charge in [0.2, 0.25) is 0 Å². The molecule has 2 amide bonds. The minimum absolute atomic E-state index is 0.000763. The number of morpholine rings is 1. The Balaban J connectivity index is 1.93. The molecule has 1 aromatic carbocycles. The van der Waals surface area contributed by atoms with Crippen LogP contribution < -0.4 is 4.74 Å². The van der Waals surface area contributed by atoms with E-state index in [4.69, 9.17) is 9.47 Å². The molecule has 2 unspecified atom stereocenters. The van der Waals surface area contributed by atoms with E-state index in [1.165, 1.54) is 4.90 Å². The Morgan fingerprint density at radius 1 is 1.00 bits per heavy atom. The molecule has 0 radical (unpaired) electrons. The smallest absolute Gasteiger partial charge is 0.277 e. The first-order chi connectivity index (χ1) is 14.8. The van der Waals surface area contributed by atoms with E-state index in [-0.39, 0.29) is 30.1 Å². The molecule has 2 atom stereocenters. The number of ether oxygens (including phenoxy) is 2. The number of imide groups is 1. The van der Waals surface area contributed by atoms with E-state index in [9.17, 15) is 9.59 Å². The highest BCUT2D eigenvalue weighted by Gasteiger charge is 2.42. The fourth-order valence-electron chi connectivity index (χ4n) is 4.35. The Hall–Kier alpha value is -2.34. The van der Waals surface area contributed by atoms with Crippen molar-refractivity contribution in [1.29, 1.82) is 0 Å². The lowest BCUT2D eigenvalue weighted by Crippen LogP contribution is -2.47. The number of carbonyl (C=O) groups is 2. The second-order valence-corrected chi connectivity index (χ2v) is 8.90. The van der Waals surface area contributed by atoms with Crippen molar-refractivity contribution in [2.75, 3.05) is 19.6 Å². The van der Waals surface area contributed by atoms with Crippen molar-refractivity contribution in [3.63, 3.8) is 0 Å². The van der Waals surface area contributed by atoms with Crippen LogP contribution in [0, 0.1) is 0 Å². The van der Waals surface area contributed by atoms with Crippen molar-refractivity contribution in [3.05, 3.63) is 35.5 Å². The van der Waals surface area contributed by atoms with Gasteiger partial charge in [0.15, 0.2) is 0 Å². The number of hydrogen-bond acceptors (Lipinski definition) is 5. The summed E-state index contributed by atoms with van der Waals surface area (Å²) in [5.41, 5.74) is 1.77. The van der Waals surface area contributed by atoms with E-state index in [1.54, 1.807) is 0 Å². The molecule has 2 aliphatic heterocycles. The Morgan fingerprint density at radius 2 is 1.65 bits per heavy atom. The van der Waals surface area contributed by atoms with Crippen molar-refractivity contribution >= 4 is 17.4 Å². The van der Waals surface area contributed by atoms with E-state index in [0.717, 1.165) is 37.0 Å². The average Bonchev–Trinajstić information content (AvgIpc) is 2.95. The molecule has 2 heterocycles. The summed E-state index contributed by atoms with van der Waals surface area (Å²) in [6, 6.07) is 7.50. The molecule has 31 heavy (non-hydrogen) atoms. The highest BCUT2D eigenvalue weighted by Crippen LogP contribution is 2.34. The van der Waals surface area contributed by atoms with Gasteiger partial charge < -0.3 is 14.4 Å². The standard InChI is InChI=1S/C25H36N2O4/c1-6-7-8-9-14-27-24(28)22(20-10-12-21(13-11-20)30-17(2)3)23(25(27)29)26-15-18(4)31-19(5)16-26/h10-13,17-19H,6-9,14-16H2,1-5H3. The first-order valence-electron chi connectivity index (χ1n) is 11.6. The van der Waals surface area contributed by atoms with Crippen molar-refractivity contribution < 1.29 is 19.1 Å². The predicted molar refractivity (Wildman–Crippen MR) is 122 cm³/mol. The zero-order valence-corrected chi connectivity index (χ0v) is 19.5. The van der Waals surface area contributed by atoms with E-state index in [1.807, 2.05) is 56.9 Å². The largest absolute Gasteiger partial charge is 0.491 e. The van der Waals surface area contributed by atoms with Crippen LogP contribution in [0.3, 0.4) is 0 Å². The molecule has 1 saturated heterocycles. The molecule has 0 aromatic heterocycles. The molecule has 1 fully saturated rings. The van der Waals surface area contributed by atoms with E-state index in [0.29, 0.717) is 30.9 Å². The van der Waals surface area contributed by atoms with Crippen molar-refractivity contribution in [2.45, 2.75) is 78.6 Å². The van der Waals surface area contributed by atoms with Crippen LogP contribution in [0.25, 0.3) is 5.57 Å². The lowest BCUT2D eigenvalue weighted by Gasteiger charge is -2.37. The summed E-state index contributed by atoms with van der Waals surface area (Å²) < 4.78 is 11.6. The molecular weight excluding hydrogens is 392 g/mol. The van der Waals surface area contributed by atoms with Crippen molar-refractivity contribution in [1.82, 2.24) is 9.80 Å². The van der Waals surface area contributed by atoms with Gasteiger partial charge in [-0.3, -0.25) is 14.5 Å². The van der Waals surface area contributed by atoms with Crippen molar-refractivity contribution in [3.8, 4) is 5.75 Å². The number of benzene rings is 1. The van der Waals surface area contributed by atoms with Gasteiger partial charge in [-0.1, -0.05) is 38.3 Å². The summed E-state index contributed by atoms with van der Waals surface area (Å²) in [5, 5.41) is 0. The van der Waals surface area contributed by atoms with Crippen LogP contribution in [-0.2, 0) is 14.3 Å². The lowest BCUT2D eigenvalue weighted by molar-refractivity contribution is -0.138. The molecule has 0 N–H and O–H groups in total. The summed E-state index contributed by atoms with van der Waals surface area (Å²) in [6.45, 7) is 11.8. The Labute approximate surface area is 186 Å². The molecule has 3 rings (SSSR count). The molecular formula is C25H36N2O4. The van der Waals surface area contributed by atoms with E-state index >= 15 is 0 Å². The highest BCUT2D eigenvalue weighted by molar-refractivity contribution is 6.35. The minimum atomic E-state index is -0.194. The monoisotopic (exact) mass is 428 g/mol. The quantitative estimate of drug-likeness (QED) is 0.435. The van der Waals surface area contributed by atoms with Gasteiger partial charge in [0.1, 0.15) is 11.4 Å². The van der Waals surface area contributed by atoms with Crippen LogP contribution >= 0.6 is 0 Å². The molecule has 170 valence electrons. The van der Waals surface area contributed by atoms with E-state index in [2.05, 4.69) is 6.92 Å². The van der Waals surface area contributed by atoms with Gasteiger partial charge in [-0.05, 0) is 51.8 Å². The second kappa shape index (κ2) is 10.3. The summed E-state index contributed by atoms with van der Waals surface area (Å²) in [6.07, 6.45) is 4.16. The number of unbranched alkanes of at least 4 members (excludes halogenated alkanes) is 3. The van der Waals surface area contributed by atoms with Gasteiger partial charge >= 0.3 is 0 Å². The fourth-order valence-corrected chi connectivity index (χ4v) is 4.35. The minimum Gasteiger partial charge on any atom is -0.491 e. The average molecular weight is 429 g/mol. The molecule has 1 aromatic rings. The Kier molecular flexibility index (Phi) is 7.76. The van der Waals surface area contributed by atoms with Crippen LogP contribution in [-0.4, -0.2) is 59.6 Å². The van der Waals surface area contributed by atoms with Crippen LogP contribution in [0.1, 0.15) is 65.9 Å². The highest BCUT2D eigenvalue weighted by atomic mass is 16.5. The molecule has 0 aliphatic carbocycles. The third-order valence-electron chi connectivity index (χ3n) is 5.63. The first kappa shape index (κ1) is 23.3. The fraction of sp³-hybridized carbons (Fsp3) is 0.600. The SMILES string of the molecule is CCCCCCN1C(=O)C(c2ccc(OC(C)C)cc2)=C(N2CC(C)OC(C)C2)C1=O. The van der Waals surface area contributed by atoms with Crippen LogP contribution in [0.2, 0.25) is 0 Å². The van der Waals surface area contributed by atoms with E-state index < -0.39 is 0 Å². The topological polar surface area (TPSA) is 59.1 Å². The number of hydrogen-bond donors (Lipinski definition) is 0. The maximum Gasteiger partial charge on any atom is 0.277 e. The van der Waals surface area contributed by atoms with Gasteiger partial charge in [-0.2, -0.15) is 0 Å². The number of rotatable bonds is 9. The molecule has 6 nitrogen and oxygen atoms in total. The second-order valence-electron chi connectivity index (χ2n) is 8.90. The van der Waals surface area contributed by atoms with Gasteiger partial charge in [0, 0.05) is 19.6 Å². The number of carbonyl (C=O) groups excluding carboxylic acids is 2. The lowest BCUT2D eigenvalue weighted by atomic mass is 10.0. The maximum absolute atomic E-state index is 13.4. The number of nitrogens with zero attached hydrogens (tertiary/aromatic N) is 2. The van der Waals surface area contributed by atoms with Gasteiger partial charge in [0.05, 0.1) is 23.9 Å². The molecule has 0 saturated carbocycles. The summed E-state index contributed by atoms with van der Waals surface area (Å²) in [7, 11) is 0.